The van der Waals surface area contributed by atoms with E-state index in [0.29, 0.717) is 29.7 Å². The molecule has 22 heavy (non-hydrogen) atoms. The number of hydrogen-bond donors (Lipinski definition) is 1. The molecule has 0 bridgehead atoms. The highest BCUT2D eigenvalue weighted by Gasteiger charge is 2.10. The molecule has 0 saturated heterocycles. The molecule has 1 aromatic carbocycles. The van der Waals surface area contributed by atoms with Crippen LogP contribution < -0.4 is 10.1 Å². The molecule has 0 fully saturated rings. The van der Waals surface area contributed by atoms with Crippen LogP contribution in [0.4, 0.5) is 4.39 Å². The SMILES string of the molecule is CN(CCCNC(=O)COc1ccc(F)cc1Br)S(C)(=O)=O. The lowest BCUT2D eigenvalue weighted by molar-refractivity contribution is -0.123. The molecule has 0 aliphatic rings. The molecular formula is C13H18BrFN2O4S. The Kier molecular flexibility index (Phi) is 7.24. The zero-order valence-electron chi connectivity index (χ0n) is 12.3. The molecule has 0 heterocycles. The molecule has 9 heteroatoms. The third kappa shape index (κ3) is 6.71. The van der Waals surface area contributed by atoms with Gasteiger partial charge in [-0.3, -0.25) is 4.79 Å². The standard InChI is InChI=1S/C13H18BrFN2O4S/c1-17(22(2,19)20)7-3-6-16-13(18)9-21-12-5-4-10(15)8-11(12)14/h4-5,8H,3,6-7,9H2,1-2H3,(H,16,18). The van der Waals surface area contributed by atoms with E-state index >= 15 is 0 Å². The Morgan fingerprint density at radius 1 is 1.45 bits per heavy atom. The third-order valence-corrected chi connectivity index (χ3v) is 4.73. The van der Waals surface area contributed by atoms with Crippen LogP contribution in [0.5, 0.6) is 5.75 Å². The monoisotopic (exact) mass is 396 g/mol. The fraction of sp³-hybridized carbons (Fsp3) is 0.462. The second kappa shape index (κ2) is 8.44. The summed E-state index contributed by atoms with van der Waals surface area (Å²) in [6.07, 6.45) is 1.62. The average molecular weight is 397 g/mol. The zero-order chi connectivity index (χ0) is 16.8. The summed E-state index contributed by atoms with van der Waals surface area (Å²) in [7, 11) is -1.72. The van der Waals surface area contributed by atoms with E-state index in [1.54, 1.807) is 0 Å². The van der Waals surface area contributed by atoms with Crippen molar-refractivity contribution in [2.75, 3.05) is 33.0 Å². The lowest BCUT2D eigenvalue weighted by atomic mass is 10.3. The van der Waals surface area contributed by atoms with E-state index in [0.717, 1.165) is 6.26 Å². The number of amides is 1. The number of nitrogens with one attached hydrogen (secondary N) is 1. The van der Waals surface area contributed by atoms with E-state index in [1.807, 2.05) is 0 Å². The van der Waals surface area contributed by atoms with Gasteiger partial charge in [-0.15, -0.1) is 0 Å². The molecule has 6 nitrogen and oxygen atoms in total. The van der Waals surface area contributed by atoms with Crippen LogP contribution in [-0.2, 0) is 14.8 Å². The van der Waals surface area contributed by atoms with Gasteiger partial charge in [-0.1, -0.05) is 0 Å². The fourth-order valence-electron chi connectivity index (χ4n) is 1.48. The lowest BCUT2D eigenvalue weighted by Gasteiger charge is -2.14. The lowest BCUT2D eigenvalue weighted by Crippen LogP contribution is -2.33. The Morgan fingerprint density at radius 2 is 2.14 bits per heavy atom. The molecule has 1 aromatic rings. The predicted octanol–water partition coefficient (Wildman–Crippen LogP) is 1.36. The van der Waals surface area contributed by atoms with Gasteiger partial charge in [0.15, 0.2) is 6.61 Å². The highest BCUT2D eigenvalue weighted by Crippen LogP contribution is 2.25. The van der Waals surface area contributed by atoms with Gasteiger partial charge in [0.2, 0.25) is 10.0 Å². The van der Waals surface area contributed by atoms with E-state index in [2.05, 4.69) is 21.2 Å². The first-order valence-corrected chi connectivity index (χ1v) is 9.10. The first-order chi connectivity index (χ1) is 10.2. The van der Waals surface area contributed by atoms with Gasteiger partial charge < -0.3 is 10.1 Å². The molecule has 0 spiro atoms. The first kappa shape index (κ1) is 18.9. The fourth-order valence-corrected chi connectivity index (χ4v) is 2.41. The van der Waals surface area contributed by atoms with E-state index in [4.69, 9.17) is 4.74 Å². The van der Waals surface area contributed by atoms with Crippen LogP contribution in [0.25, 0.3) is 0 Å². The van der Waals surface area contributed by atoms with Crippen molar-refractivity contribution in [1.29, 1.82) is 0 Å². The van der Waals surface area contributed by atoms with E-state index < -0.39 is 15.8 Å². The van der Waals surface area contributed by atoms with Crippen molar-refractivity contribution < 1.29 is 22.3 Å². The Morgan fingerprint density at radius 3 is 2.73 bits per heavy atom. The molecule has 1 N–H and O–H groups in total. The smallest absolute Gasteiger partial charge is 0.257 e. The number of benzene rings is 1. The quantitative estimate of drug-likeness (QED) is 0.673. The molecule has 0 radical (unpaired) electrons. The second-order valence-electron chi connectivity index (χ2n) is 4.65. The van der Waals surface area contributed by atoms with Crippen LogP contribution in [-0.4, -0.2) is 51.6 Å². The van der Waals surface area contributed by atoms with Gasteiger partial charge in [0.1, 0.15) is 11.6 Å². The summed E-state index contributed by atoms with van der Waals surface area (Å²) in [5.74, 6) is -0.370. The summed E-state index contributed by atoms with van der Waals surface area (Å²) in [6, 6.07) is 3.90. The number of nitrogens with zero attached hydrogens (tertiary/aromatic N) is 1. The van der Waals surface area contributed by atoms with Crippen molar-refractivity contribution in [3.05, 3.63) is 28.5 Å². The van der Waals surface area contributed by atoms with E-state index in [1.165, 1.54) is 29.6 Å². The van der Waals surface area contributed by atoms with Crippen molar-refractivity contribution in [3.8, 4) is 5.75 Å². The molecule has 0 atom stereocenters. The topological polar surface area (TPSA) is 75.7 Å². The second-order valence-corrected chi connectivity index (χ2v) is 7.60. The minimum Gasteiger partial charge on any atom is -0.483 e. The van der Waals surface area contributed by atoms with Crippen LogP contribution >= 0.6 is 15.9 Å². The Bertz CT molecular complexity index is 624. The van der Waals surface area contributed by atoms with Gasteiger partial charge in [0, 0.05) is 20.1 Å². The molecule has 0 aliphatic carbocycles. The summed E-state index contributed by atoms with van der Waals surface area (Å²) in [6.45, 7) is 0.461. The normalized spacial score (nSPS) is 11.5. The number of halogens is 2. The largest absolute Gasteiger partial charge is 0.483 e. The van der Waals surface area contributed by atoms with Gasteiger partial charge in [-0.25, -0.2) is 17.1 Å². The maximum absolute atomic E-state index is 12.9. The molecular weight excluding hydrogens is 379 g/mol. The maximum Gasteiger partial charge on any atom is 0.257 e. The van der Waals surface area contributed by atoms with Crippen molar-refractivity contribution in [2.45, 2.75) is 6.42 Å². The van der Waals surface area contributed by atoms with Crippen LogP contribution in [0.2, 0.25) is 0 Å². The van der Waals surface area contributed by atoms with Crippen molar-refractivity contribution in [2.24, 2.45) is 0 Å². The molecule has 0 unspecified atom stereocenters. The van der Waals surface area contributed by atoms with Gasteiger partial charge >= 0.3 is 0 Å². The van der Waals surface area contributed by atoms with E-state index in [-0.39, 0.29) is 12.5 Å². The highest BCUT2D eigenvalue weighted by atomic mass is 79.9. The Labute approximate surface area is 137 Å². The number of carbonyl (C=O) groups excluding carboxylic acids is 1. The summed E-state index contributed by atoms with van der Waals surface area (Å²) >= 11 is 3.14. The molecule has 1 amide bonds. The number of ether oxygens (including phenoxy) is 1. The van der Waals surface area contributed by atoms with Crippen LogP contribution in [0.3, 0.4) is 0 Å². The van der Waals surface area contributed by atoms with Crippen LogP contribution in [0, 0.1) is 5.82 Å². The molecule has 124 valence electrons. The van der Waals surface area contributed by atoms with Gasteiger partial charge in [0.05, 0.1) is 10.7 Å². The molecule has 0 aliphatic heterocycles. The minimum atomic E-state index is -3.20. The van der Waals surface area contributed by atoms with E-state index in [9.17, 15) is 17.6 Å². The molecule has 0 saturated carbocycles. The maximum atomic E-state index is 12.9. The summed E-state index contributed by atoms with van der Waals surface area (Å²) in [5, 5.41) is 2.62. The highest BCUT2D eigenvalue weighted by molar-refractivity contribution is 9.10. The summed E-state index contributed by atoms with van der Waals surface area (Å²) < 4.78 is 42.1. The molecule has 1 rings (SSSR count). The zero-order valence-corrected chi connectivity index (χ0v) is 14.7. The van der Waals surface area contributed by atoms with Crippen molar-refractivity contribution in [1.82, 2.24) is 9.62 Å². The Balaban J connectivity index is 2.27. The van der Waals surface area contributed by atoms with Gasteiger partial charge in [-0.05, 0) is 40.5 Å². The average Bonchev–Trinajstić information content (AvgIpc) is 2.41. The third-order valence-electron chi connectivity index (χ3n) is 2.79. The van der Waals surface area contributed by atoms with Crippen molar-refractivity contribution in [3.63, 3.8) is 0 Å². The van der Waals surface area contributed by atoms with Gasteiger partial charge in [0.25, 0.3) is 5.91 Å². The van der Waals surface area contributed by atoms with Crippen LogP contribution in [0.1, 0.15) is 6.42 Å². The Hall–Kier alpha value is -1.19. The van der Waals surface area contributed by atoms with Crippen LogP contribution in [0.15, 0.2) is 22.7 Å². The minimum absolute atomic E-state index is 0.202. The number of sulfonamides is 1. The molecule has 0 aromatic heterocycles. The number of hydrogen-bond acceptors (Lipinski definition) is 4. The first-order valence-electron chi connectivity index (χ1n) is 6.46. The predicted molar refractivity (Wildman–Crippen MR) is 84.7 cm³/mol. The van der Waals surface area contributed by atoms with Gasteiger partial charge in [-0.2, -0.15) is 0 Å². The number of rotatable bonds is 8. The van der Waals surface area contributed by atoms with Crippen molar-refractivity contribution >= 4 is 31.9 Å². The summed E-state index contributed by atoms with van der Waals surface area (Å²) in [4.78, 5) is 11.6. The number of carbonyl (C=O) groups is 1. The summed E-state index contributed by atoms with van der Waals surface area (Å²) in [5.41, 5.74) is 0.